The quantitative estimate of drug-likeness (QED) is 0.245. The van der Waals surface area contributed by atoms with Gasteiger partial charge in [-0.25, -0.2) is 0 Å². The molecule has 0 aromatic heterocycles. The fourth-order valence-electron chi connectivity index (χ4n) is 8.29. The highest BCUT2D eigenvalue weighted by atomic mass is 16.5. The van der Waals surface area contributed by atoms with Gasteiger partial charge < -0.3 is 24.3 Å². The predicted octanol–water partition coefficient (Wildman–Crippen LogP) is 13.8. The van der Waals surface area contributed by atoms with E-state index in [1.807, 2.05) is 0 Å². The standard InChI is InChI=1S/C11H21N.2C9H19N.C8H17NO.4C3H8/c1-3-4-9-7-10-5-6-11(8-9)12(10)2;1-3-6-9-7-4-5-8-10(9)2;1-3-5-9-6-4-7-10(2)8-9;1-3-4-8-7-9(2)5-6-10-8;4*1-3-2/h9-11H,3-8H2,1-2H3;2*9H,3-8H2,1-2H3;8H,3-7H2,1-2H3;4*3H2,1-2H3. The Bertz CT molecular complexity index is 655. The van der Waals surface area contributed by atoms with Gasteiger partial charge in [0.25, 0.3) is 0 Å². The first-order valence-electron chi connectivity index (χ1n) is 24.4. The minimum atomic E-state index is 0.503. The molecule has 0 aromatic rings. The lowest BCUT2D eigenvalue weighted by atomic mass is 9.88. The van der Waals surface area contributed by atoms with Crippen molar-refractivity contribution in [3.05, 3.63) is 0 Å². The Balaban J connectivity index is -0.000000586. The maximum Gasteiger partial charge on any atom is 0.0702 e. The van der Waals surface area contributed by atoms with Crippen molar-refractivity contribution in [3.63, 3.8) is 0 Å². The molecule has 2 bridgehead atoms. The molecular formula is C49H108N4O. The summed E-state index contributed by atoms with van der Waals surface area (Å²) in [7, 11) is 8.98. The second-order valence-corrected chi connectivity index (χ2v) is 17.5. The summed E-state index contributed by atoms with van der Waals surface area (Å²) in [6.45, 7) is 33.2. The topological polar surface area (TPSA) is 22.2 Å². The maximum atomic E-state index is 5.55. The van der Waals surface area contributed by atoms with Crippen LogP contribution in [0.1, 0.15) is 218 Å². The number of likely N-dealkylation sites (tertiary alicyclic amines) is 2. The van der Waals surface area contributed by atoms with Crippen LogP contribution < -0.4 is 0 Å². The van der Waals surface area contributed by atoms with E-state index in [0.717, 1.165) is 49.7 Å². The zero-order valence-corrected chi connectivity index (χ0v) is 40.8. The molecule has 0 amide bonds. The molecule has 5 aliphatic rings. The molecule has 5 fully saturated rings. The highest BCUT2D eigenvalue weighted by Gasteiger charge is 2.37. The summed E-state index contributed by atoms with van der Waals surface area (Å²) in [6, 6.07) is 2.79. The van der Waals surface area contributed by atoms with E-state index in [0.29, 0.717) is 6.10 Å². The van der Waals surface area contributed by atoms with Gasteiger partial charge in [0, 0.05) is 37.8 Å². The van der Waals surface area contributed by atoms with Crippen molar-refractivity contribution in [1.82, 2.24) is 19.6 Å². The van der Waals surface area contributed by atoms with Crippen LogP contribution in [0, 0.1) is 11.8 Å². The highest BCUT2D eigenvalue weighted by Crippen LogP contribution is 2.38. The number of piperidine rings is 3. The van der Waals surface area contributed by atoms with Gasteiger partial charge in [-0.3, -0.25) is 0 Å². The first-order valence-corrected chi connectivity index (χ1v) is 24.4. The number of likely N-dealkylation sites (N-methyl/N-ethyl adjacent to an activating group) is 1. The third-order valence-corrected chi connectivity index (χ3v) is 10.8. The van der Waals surface area contributed by atoms with E-state index in [1.165, 1.54) is 154 Å². The van der Waals surface area contributed by atoms with Crippen LogP contribution in [0.3, 0.4) is 0 Å². The smallest absolute Gasteiger partial charge is 0.0702 e. The van der Waals surface area contributed by atoms with Crippen molar-refractivity contribution < 1.29 is 4.74 Å². The average Bonchev–Trinajstić information content (AvgIpc) is 3.32. The van der Waals surface area contributed by atoms with Gasteiger partial charge in [0.1, 0.15) is 0 Å². The normalized spacial score (nSPS) is 26.7. The molecule has 5 heteroatoms. The molecule has 5 atom stereocenters. The van der Waals surface area contributed by atoms with Crippen molar-refractivity contribution in [2.75, 3.05) is 67.5 Å². The molecule has 330 valence electrons. The summed E-state index contributed by atoms with van der Waals surface area (Å²) in [5, 5.41) is 0. The van der Waals surface area contributed by atoms with Crippen LogP contribution in [0.4, 0.5) is 0 Å². The predicted molar refractivity (Wildman–Crippen MR) is 249 cm³/mol. The van der Waals surface area contributed by atoms with Crippen LogP contribution in [0.15, 0.2) is 0 Å². The molecule has 54 heavy (non-hydrogen) atoms. The number of rotatable bonds is 8. The number of hydrogen-bond acceptors (Lipinski definition) is 5. The van der Waals surface area contributed by atoms with Crippen molar-refractivity contribution in [2.24, 2.45) is 11.8 Å². The molecule has 0 saturated carbocycles. The second-order valence-electron chi connectivity index (χ2n) is 17.5. The van der Waals surface area contributed by atoms with Gasteiger partial charge in [-0.2, -0.15) is 0 Å². The molecule has 5 heterocycles. The molecule has 0 aromatic carbocycles. The summed E-state index contributed by atoms with van der Waals surface area (Å²) in [5.74, 6) is 2.06. The van der Waals surface area contributed by atoms with E-state index in [2.05, 4.69) is 131 Å². The summed E-state index contributed by atoms with van der Waals surface area (Å²) >= 11 is 0. The maximum absolute atomic E-state index is 5.55. The average molecular weight is 769 g/mol. The summed E-state index contributed by atoms with van der Waals surface area (Å²) in [6.07, 6.45) is 29.5. The molecule has 5 nitrogen and oxygen atoms in total. The number of fused-ring (bicyclic) bond motifs is 2. The van der Waals surface area contributed by atoms with Gasteiger partial charge in [0.2, 0.25) is 0 Å². The molecule has 5 rings (SSSR count). The number of ether oxygens (including phenoxy) is 1. The van der Waals surface area contributed by atoms with Gasteiger partial charge in [-0.15, -0.1) is 0 Å². The Labute approximate surface area is 344 Å². The van der Waals surface area contributed by atoms with E-state index in [4.69, 9.17) is 4.74 Å². The zero-order chi connectivity index (χ0) is 41.6. The van der Waals surface area contributed by atoms with E-state index >= 15 is 0 Å². The van der Waals surface area contributed by atoms with E-state index in [9.17, 15) is 0 Å². The third kappa shape index (κ3) is 32.8. The van der Waals surface area contributed by atoms with Crippen molar-refractivity contribution in [3.8, 4) is 0 Å². The van der Waals surface area contributed by atoms with E-state index in [1.54, 1.807) is 0 Å². The summed E-state index contributed by atoms with van der Waals surface area (Å²) < 4.78 is 5.55. The largest absolute Gasteiger partial charge is 0.376 e. The number of morpholine rings is 1. The molecule has 0 aliphatic carbocycles. The van der Waals surface area contributed by atoms with Gasteiger partial charge >= 0.3 is 0 Å². The van der Waals surface area contributed by atoms with E-state index < -0.39 is 0 Å². The zero-order valence-electron chi connectivity index (χ0n) is 40.8. The third-order valence-electron chi connectivity index (χ3n) is 10.8. The molecule has 0 spiro atoms. The molecule has 5 unspecified atom stereocenters. The van der Waals surface area contributed by atoms with Gasteiger partial charge in [-0.1, -0.05) is 147 Å². The molecule has 0 N–H and O–H groups in total. The lowest BCUT2D eigenvalue weighted by Gasteiger charge is -2.36. The SMILES string of the molecule is CCC.CCC.CCC.CCC.CCCC1CC2CCC(C1)N2C.CCCC1CCCCN1C.CCCC1CCCN(C)C1.CCCC1CN(C)CCO1. The van der Waals surface area contributed by atoms with Crippen molar-refractivity contribution in [2.45, 2.75) is 242 Å². The summed E-state index contributed by atoms with van der Waals surface area (Å²) in [5.41, 5.74) is 0. The van der Waals surface area contributed by atoms with Gasteiger partial charge in [0.15, 0.2) is 0 Å². The molecular weight excluding hydrogens is 661 g/mol. The fourth-order valence-corrected chi connectivity index (χ4v) is 8.29. The minimum Gasteiger partial charge on any atom is -0.376 e. The molecule has 0 radical (unpaired) electrons. The van der Waals surface area contributed by atoms with E-state index in [-0.39, 0.29) is 0 Å². The van der Waals surface area contributed by atoms with Gasteiger partial charge in [-0.05, 0) is 124 Å². The van der Waals surface area contributed by atoms with Crippen LogP contribution >= 0.6 is 0 Å². The Morgan fingerprint density at radius 1 is 0.463 bits per heavy atom. The molecule has 5 saturated heterocycles. The highest BCUT2D eigenvalue weighted by molar-refractivity contribution is 4.93. The lowest BCUT2D eigenvalue weighted by molar-refractivity contribution is -0.0234. The lowest BCUT2D eigenvalue weighted by Crippen LogP contribution is -2.39. The van der Waals surface area contributed by atoms with Crippen molar-refractivity contribution in [1.29, 1.82) is 0 Å². The van der Waals surface area contributed by atoms with Gasteiger partial charge in [0.05, 0.1) is 12.7 Å². The number of nitrogens with zero attached hydrogens (tertiary/aromatic N) is 4. The van der Waals surface area contributed by atoms with Crippen molar-refractivity contribution >= 4 is 0 Å². The molecule has 5 aliphatic heterocycles. The first kappa shape index (κ1) is 58.1. The second kappa shape index (κ2) is 42.4. The monoisotopic (exact) mass is 769 g/mol. The Kier molecular flexibility index (Phi) is 45.6. The number of hydrogen-bond donors (Lipinski definition) is 0. The van der Waals surface area contributed by atoms with Crippen LogP contribution in [0.5, 0.6) is 0 Å². The first-order chi connectivity index (χ1) is 26.0. The van der Waals surface area contributed by atoms with Crippen LogP contribution in [0.2, 0.25) is 0 Å². The Morgan fingerprint density at radius 3 is 1.39 bits per heavy atom. The van der Waals surface area contributed by atoms with Crippen LogP contribution in [0.25, 0.3) is 0 Å². The fraction of sp³-hybridized carbons (Fsp3) is 1.00. The Hall–Kier alpha value is -0.200. The Morgan fingerprint density at radius 2 is 0.944 bits per heavy atom. The minimum absolute atomic E-state index is 0.503. The summed E-state index contributed by atoms with van der Waals surface area (Å²) in [4.78, 5) is 9.95. The van der Waals surface area contributed by atoms with Crippen LogP contribution in [-0.2, 0) is 4.74 Å². The van der Waals surface area contributed by atoms with Crippen LogP contribution in [-0.4, -0.2) is 111 Å².